The van der Waals surface area contributed by atoms with E-state index in [0.29, 0.717) is 6.04 Å². The molecule has 0 amide bonds. The summed E-state index contributed by atoms with van der Waals surface area (Å²) in [6.07, 6.45) is 6.95. The minimum absolute atomic E-state index is 0.542. The topological polar surface area (TPSA) is 24.9 Å². The second-order valence-electron chi connectivity index (χ2n) is 6.16. The molecule has 1 heterocycles. The minimum Gasteiger partial charge on any atom is -0.382 e. The SMILES string of the molecule is Cc1cc(NC(C)C2CCCCC2)c2ccccc2n1. The van der Waals surface area contributed by atoms with Gasteiger partial charge in [0.15, 0.2) is 0 Å². The average Bonchev–Trinajstić information content (AvgIpc) is 2.48. The van der Waals surface area contributed by atoms with Crippen molar-refractivity contribution in [1.82, 2.24) is 4.98 Å². The lowest BCUT2D eigenvalue weighted by atomic mass is 9.84. The number of hydrogen-bond donors (Lipinski definition) is 1. The highest BCUT2D eigenvalue weighted by molar-refractivity contribution is 5.91. The Morgan fingerprint density at radius 3 is 2.70 bits per heavy atom. The Balaban J connectivity index is 1.86. The van der Waals surface area contributed by atoms with Gasteiger partial charge in [-0.15, -0.1) is 0 Å². The molecule has 0 aliphatic heterocycles. The lowest BCUT2D eigenvalue weighted by Gasteiger charge is -2.29. The molecule has 106 valence electrons. The molecule has 2 aromatic rings. The maximum atomic E-state index is 4.62. The molecule has 20 heavy (non-hydrogen) atoms. The second kappa shape index (κ2) is 5.82. The molecule has 0 saturated heterocycles. The number of para-hydroxylation sites is 1. The molecule has 2 nitrogen and oxygen atoms in total. The van der Waals surface area contributed by atoms with Crippen LogP contribution in [0.1, 0.15) is 44.7 Å². The van der Waals surface area contributed by atoms with Gasteiger partial charge < -0.3 is 5.32 Å². The summed E-state index contributed by atoms with van der Waals surface area (Å²) < 4.78 is 0. The Morgan fingerprint density at radius 1 is 1.15 bits per heavy atom. The van der Waals surface area contributed by atoms with Crippen molar-refractivity contribution in [2.45, 2.75) is 52.0 Å². The van der Waals surface area contributed by atoms with E-state index in [-0.39, 0.29) is 0 Å². The van der Waals surface area contributed by atoms with E-state index in [2.05, 4.69) is 54.5 Å². The quantitative estimate of drug-likeness (QED) is 0.854. The normalized spacial score (nSPS) is 18.1. The first-order chi connectivity index (χ1) is 9.74. The van der Waals surface area contributed by atoms with Crippen molar-refractivity contribution in [2.24, 2.45) is 5.92 Å². The molecule has 0 bridgehead atoms. The predicted molar refractivity (Wildman–Crippen MR) is 86.1 cm³/mol. The van der Waals surface area contributed by atoms with Crippen LogP contribution >= 0.6 is 0 Å². The number of hydrogen-bond acceptors (Lipinski definition) is 2. The fourth-order valence-corrected chi connectivity index (χ4v) is 3.42. The molecule has 1 aromatic heterocycles. The van der Waals surface area contributed by atoms with E-state index in [1.54, 1.807) is 0 Å². The number of aromatic nitrogens is 1. The molecular weight excluding hydrogens is 244 g/mol. The van der Waals surface area contributed by atoms with E-state index in [4.69, 9.17) is 0 Å². The molecular formula is C18H24N2. The summed E-state index contributed by atoms with van der Waals surface area (Å²) in [5.41, 5.74) is 3.42. The Hall–Kier alpha value is -1.57. The third-order valence-corrected chi connectivity index (χ3v) is 4.58. The van der Waals surface area contributed by atoms with E-state index in [9.17, 15) is 0 Å². The van der Waals surface area contributed by atoms with Gasteiger partial charge in [0.25, 0.3) is 0 Å². The second-order valence-corrected chi connectivity index (χ2v) is 6.16. The summed E-state index contributed by atoms with van der Waals surface area (Å²) >= 11 is 0. The smallest absolute Gasteiger partial charge is 0.0725 e. The van der Waals surface area contributed by atoms with Crippen LogP contribution < -0.4 is 5.32 Å². The highest BCUT2D eigenvalue weighted by Gasteiger charge is 2.20. The van der Waals surface area contributed by atoms with E-state index in [1.165, 1.54) is 43.2 Å². The van der Waals surface area contributed by atoms with Crippen LogP contribution in [0, 0.1) is 12.8 Å². The molecule has 1 aromatic carbocycles. The summed E-state index contributed by atoms with van der Waals surface area (Å²) in [6, 6.07) is 11.1. The van der Waals surface area contributed by atoms with Gasteiger partial charge in [0.05, 0.1) is 5.52 Å². The first-order valence-electron chi connectivity index (χ1n) is 7.87. The molecule has 1 fully saturated rings. The van der Waals surface area contributed by atoms with Crippen LogP contribution in [0.3, 0.4) is 0 Å². The Kier molecular flexibility index (Phi) is 3.90. The summed E-state index contributed by atoms with van der Waals surface area (Å²) in [5, 5.41) is 4.99. The first kappa shape index (κ1) is 13.4. The van der Waals surface area contributed by atoms with Gasteiger partial charge in [0.1, 0.15) is 0 Å². The summed E-state index contributed by atoms with van der Waals surface area (Å²) in [7, 11) is 0. The predicted octanol–water partition coefficient (Wildman–Crippen LogP) is 4.92. The Morgan fingerprint density at radius 2 is 1.90 bits per heavy atom. The number of anilines is 1. The monoisotopic (exact) mass is 268 g/mol. The molecule has 1 N–H and O–H groups in total. The highest BCUT2D eigenvalue weighted by Crippen LogP contribution is 2.30. The number of nitrogens with zero attached hydrogens (tertiary/aromatic N) is 1. The van der Waals surface area contributed by atoms with Crippen LogP contribution in [0.2, 0.25) is 0 Å². The molecule has 1 aliphatic rings. The first-order valence-corrected chi connectivity index (χ1v) is 7.87. The van der Waals surface area contributed by atoms with E-state index in [0.717, 1.165) is 17.1 Å². The molecule has 1 unspecified atom stereocenters. The highest BCUT2D eigenvalue weighted by atomic mass is 14.9. The van der Waals surface area contributed by atoms with Gasteiger partial charge in [-0.05, 0) is 44.7 Å². The van der Waals surface area contributed by atoms with Crippen LogP contribution in [0.25, 0.3) is 10.9 Å². The summed E-state index contributed by atoms with van der Waals surface area (Å²) in [4.78, 5) is 4.62. The van der Waals surface area contributed by atoms with Gasteiger partial charge in [-0.3, -0.25) is 4.98 Å². The number of benzene rings is 1. The third-order valence-electron chi connectivity index (χ3n) is 4.58. The minimum atomic E-state index is 0.542. The van der Waals surface area contributed by atoms with Gasteiger partial charge >= 0.3 is 0 Å². The molecule has 0 radical (unpaired) electrons. The number of nitrogens with one attached hydrogen (secondary N) is 1. The van der Waals surface area contributed by atoms with Crippen LogP contribution in [-0.4, -0.2) is 11.0 Å². The van der Waals surface area contributed by atoms with Crippen LogP contribution in [0.4, 0.5) is 5.69 Å². The van der Waals surface area contributed by atoms with Crippen LogP contribution in [-0.2, 0) is 0 Å². The van der Waals surface area contributed by atoms with Crippen molar-refractivity contribution < 1.29 is 0 Å². The van der Waals surface area contributed by atoms with Gasteiger partial charge in [0, 0.05) is 22.8 Å². The molecule has 1 atom stereocenters. The van der Waals surface area contributed by atoms with Crippen molar-refractivity contribution in [2.75, 3.05) is 5.32 Å². The van der Waals surface area contributed by atoms with Crippen LogP contribution in [0.5, 0.6) is 0 Å². The van der Waals surface area contributed by atoms with Gasteiger partial charge in [0.2, 0.25) is 0 Å². The zero-order valence-electron chi connectivity index (χ0n) is 12.5. The average molecular weight is 268 g/mol. The van der Waals surface area contributed by atoms with Crippen molar-refractivity contribution in [3.8, 4) is 0 Å². The molecule has 1 aliphatic carbocycles. The standard InChI is InChI=1S/C18H24N2/c1-13-12-18(16-10-6-7-11-17(16)19-13)20-14(2)15-8-4-3-5-9-15/h6-7,10-12,14-15H,3-5,8-9H2,1-2H3,(H,19,20). The van der Waals surface area contributed by atoms with Gasteiger partial charge in [-0.25, -0.2) is 0 Å². The lowest BCUT2D eigenvalue weighted by molar-refractivity contribution is 0.328. The number of fused-ring (bicyclic) bond motifs is 1. The van der Waals surface area contributed by atoms with Gasteiger partial charge in [-0.1, -0.05) is 37.5 Å². The zero-order chi connectivity index (χ0) is 13.9. The maximum absolute atomic E-state index is 4.62. The molecule has 0 spiro atoms. The van der Waals surface area contributed by atoms with Crippen molar-refractivity contribution in [3.63, 3.8) is 0 Å². The van der Waals surface area contributed by atoms with E-state index >= 15 is 0 Å². The number of rotatable bonds is 3. The summed E-state index contributed by atoms with van der Waals surface area (Å²) in [5.74, 6) is 0.816. The number of pyridine rings is 1. The maximum Gasteiger partial charge on any atom is 0.0725 e. The largest absolute Gasteiger partial charge is 0.382 e. The lowest BCUT2D eigenvalue weighted by Crippen LogP contribution is -2.27. The zero-order valence-corrected chi connectivity index (χ0v) is 12.5. The van der Waals surface area contributed by atoms with E-state index in [1.807, 2.05) is 0 Å². The van der Waals surface area contributed by atoms with Crippen LogP contribution in [0.15, 0.2) is 30.3 Å². The summed E-state index contributed by atoms with van der Waals surface area (Å²) in [6.45, 7) is 4.41. The molecule has 3 rings (SSSR count). The van der Waals surface area contributed by atoms with Crippen molar-refractivity contribution >= 4 is 16.6 Å². The molecule has 2 heteroatoms. The Labute approximate surface area is 121 Å². The fourth-order valence-electron chi connectivity index (χ4n) is 3.42. The van der Waals surface area contributed by atoms with Crippen molar-refractivity contribution in [1.29, 1.82) is 0 Å². The number of aryl methyl sites for hydroxylation is 1. The Bertz CT molecular complexity index is 585. The molecule has 1 saturated carbocycles. The van der Waals surface area contributed by atoms with Gasteiger partial charge in [-0.2, -0.15) is 0 Å². The third kappa shape index (κ3) is 2.79. The fraction of sp³-hybridized carbons (Fsp3) is 0.500. The van der Waals surface area contributed by atoms with E-state index < -0.39 is 0 Å². The van der Waals surface area contributed by atoms with Crippen molar-refractivity contribution in [3.05, 3.63) is 36.0 Å².